The molecule has 146 valence electrons. The van der Waals surface area contributed by atoms with E-state index in [1.54, 1.807) is 19.2 Å². The molecule has 4 rings (SSSR count). The summed E-state index contributed by atoms with van der Waals surface area (Å²) in [4.78, 5) is 17.2. The second-order valence-corrected chi connectivity index (χ2v) is 7.98. The molecule has 0 aliphatic carbocycles. The molecule has 4 aromatic rings. The highest BCUT2D eigenvalue weighted by Gasteiger charge is 2.21. The molecule has 0 saturated heterocycles. The fourth-order valence-corrected chi connectivity index (χ4v) is 4.03. The molecule has 0 amide bonds. The standard InChI is InChI=1S/C22H15BrCl2N2O2/c1-2-29-22(28)14-11-17(23)21-26-19(13-7-9-15(24)10-8-13)20(27(21)12-14)16-5-3-4-6-18(16)25/h3-12H,2H2,1H3. The van der Waals surface area contributed by atoms with Gasteiger partial charge in [-0.15, -0.1) is 0 Å². The molecule has 0 N–H and O–H groups in total. The summed E-state index contributed by atoms with van der Waals surface area (Å²) >= 11 is 16.1. The highest BCUT2D eigenvalue weighted by Crippen LogP contribution is 2.38. The van der Waals surface area contributed by atoms with Crippen LogP contribution in [0.5, 0.6) is 0 Å². The lowest BCUT2D eigenvalue weighted by Gasteiger charge is -2.09. The van der Waals surface area contributed by atoms with E-state index in [1.165, 1.54) is 0 Å². The molecule has 0 saturated carbocycles. The van der Waals surface area contributed by atoms with Crippen LogP contribution < -0.4 is 0 Å². The Bertz CT molecular complexity index is 1220. The summed E-state index contributed by atoms with van der Waals surface area (Å²) in [6.07, 6.45) is 1.73. The normalized spacial score (nSPS) is 11.0. The van der Waals surface area contributed by atoms with Crippen LogP contribution >= 0.6 is 39.1 Å². The van der Waals surface area contributed by atoms with Crippen molar-refractivity contribution in [2.45, 2.75) is 6.92 Å². The van der Waals surface area contributed by atoms with Crippen molar-refractivity contribution in [1.82, 2.24) is 9.38 Å². The molecule has 0 unspecified atom stereocenters. The lowest BCUT2D eigenvalue weighted by Crippen LogP contribution is -2.06. The Morgan fingerprint density at radius 1 is 1.14 bits per heavy atom. The maximum Gasteiger partial charge on any atom is 0.339 e. The van der Waals surface area contributed by atoms with Crippen molar-refractivity contribution in [3.63, 3.8) is 0 Å². The number of hydrogen-bond acceptors (Lipinski definition) is 3. The summed E-state index contributed by atoms with van der Waals surface area (Å²) in [6, 6.07) is 16.7. The van der Waals surface area contributed by atoms with Gasteiger partial charge in [-0.1, -0.05) is 53.5 Å². The molecule has 2 aromatic heterocycles. The van der Waals surface area contributed by atoms with E-state index in [2.05, 4.69) is 15.9 Å². The SMILES string of the molecule is CCOC(=O)c1cc(Br)c2nc(-c3ccc(Cl)cc3)c(-c3ccccc3Cl)n2c1. The number of carbonyl (C=O) groups is 1. The second kappa shape index (κ2) is 8.19. The van der Waals surface area contributed by atoms with E-state index in [-0.39, 0.29) is 0 Å². The first-order chi connectivity index (χ1) is 14.0. The second-order valence-electron chi connectivity index (χ2n) is 6.29. The van der Waals surface area contributed by atoms with Crippen LogP contribution in [-0.4, -0.2) is 22.0 Å². The van der Waals surface area contributed by atoms with Crippen molar-refractivity contribution >= 4 is 50.7 Å². The third-order valence-corrected chi connectivity index (χ3v) is 5.60. The van der Waals surface area contributed by atoms with Gasteiger partial charge in [0, 0.05) is 27.4 Å². The molecule has 0 radical (unpaired) electrons. The van der Waals surface area contributed by atoms with Crippen molar-refractivity contribution in [1.29, 1.82) is 0 Å². The predicted octanol–water partition coefficient (Wildman–Crippen LogP) is 6.91. The Labute approximate surface area is 186 Å². The first-order valence-electron chi connectivity index (χ1n) is 8.89. The summed E-state index contributed by atoms with van der Waals surface area (Å²) in [6.45, 7) is 2.07. The van der Waals surface area contributed by atoms with Crippen molar-refractivity contribution in [3.05, 3.63) is 80.9 Å². The summed E-state index contributed by atoms with van der Waals surface area (Å²) in [7, 11) is 0. The van der Waals surface area contributed by atoms with Crippen molar-refractivity contribution in [2.75, 3.05) is 6.61 Å². The maximum atomic E-state index is 12.4. The van der Waals surface area contributed by atoms with E-state index in [0.717, 1.165) is 22.5 Å². The maximum absolute atomic E-state index is 12.4. The molecule has 0 bridgehead atoms. The fourth-order valence-electron chi connectivity index (χ4n) is 3.15. The van der Waals surface area contributed by atoms with Crippen LogP contribution in [0.15, 0.2) is 65.3 Å². The third kappa shape index (κ3) is 3.78. The van der Waals surface area contributed by atoms with E-state index < -0.39 is 5.97 Å². The molecule has 0 aliphatic heterocycles. The Balaban J connectivity index is 2.06. The van der Waals surface area contributed by atoms with Gasteiger partial charge < -0.3 is 4.74 Å². The van der Waals surface area contributed by atoms with Crippen LogP contribution in [-0.2, 0) is 4.74 Å². The van der Waals surface area contributed by atoms with Gasteiger partial charge in [-0.25, -0.2) is 9.78 Å². The van der Waals surface area contributed by atoms with Crippen LogP contribution in [0.1, 0.15) is 17.3 Å². The quantitative estimate of drug-likeness (QED) is 0.292. The lowest BCUT2D eigenvalue weighted by atomic mass is 10.0. The number of rotatable bonds is 4. The molecule has 7 heteroatoms. The predicted molar refractivity (Wildman–Crippen MR) is 120 cm³/mol. The molecule has 0 fully saturated rings. The van der Waals surface area contributed by atoms with Crippen LogP contribution in [0, 0.1) is 0 Å². The zero-order chi connectivity index (χ0) is 20.5. The Morgan fingerprint density at radius 2 is 1.86 bits per heavy atom. The van der Waals surface area contributed by atoms with Gasteiger partial charge in [-0.3, -0.25) is 4.40 Å². The van der Waals surface area contributed by atoms with Crippen molar-refractivity contribution in [2.24, 2.45) is 0 Å². The number of hydrogen-bond donors (Lipinski definition) is 0. The smallest absolute Gasteiger partial charge is 0.339 e. The number of carbonyl (C=O) groups excluding carboxylic acids is 1. The average molecular weight is 490 g/mol. The summed E-state index contributed by atoms with van der Waals surface area (Å²) < 4.78 is 7.71. The van der Waals surface area contributed by atoms with Gasteiger partial charge in [0.2, 0.25) is 0 Å². The van der Waals surface area contributed by atoms with E-state index in [0.29, 0.717) is 32.3 Å². The van der Waals surface area contributed by atoms with E-state index in [9.17, 15) is 4.79 Å². The zero-order valence-corrected chi connectivity index (χ0v) is 18.4. The summed E-state index contributed by atoms with van der Waals surface area (Å²) in [5.41, 5.74) is 4.28. The zero-order valence-electron chi connectivity index (χ0n) is 15.3. The Hall–Kier alpha value is -2.34. The van der Waals surface area contributed by atoms with E-state index in [1.807, 2.05) is 52.9 Å². The molecular weight excluding hydrogens is 475 g/mol. The molecule has 2 heterocycles. The molecule has 4 nitrogen and oxygen atoms in total. The number of ether oxygens (including phenoxy) is 1. The topological polar surface area (TPSA) is 43.6 Å². The molecule has 0 spiro atoms. The lowest BCUT2D eigenvalue weighted by molar-refractivity contribution is 0.0525. The number of halogens is 3. The molecule has 2 aromatic carbocycles. The van der Waals surface area contributed by atoms with Gasteiger partial charge >= 0.3 is 5.97 Å². The van der Waals surface area contributed by atoms with Crippen LogP contribution in [0.25, 0.3) is 28.2 Å². The van der Waals surface area contributed by atoms with Gasteiger partial charge in [0.05, 0.1) is 28.0 Å². The number of esters is 1. The summed E-state index contributed by atoms with van der Waals surface area (Å²) in [5, 5.41) is 1.23. The Morgan fingerprint density at radius 3 is 2.55 bits per heavy atom. The summed E-state index contributed by atoms with van der Waals surface area (Å²) in [5.74, 6) is -0.401. The number of imidazole rings is 1. The van der Waals surface area contributed by atoms with Gasteiger partial charge in [-0.05, 0) is 47.1 Å². The molecule has 0 aliphatic rings. The molecular formula is C22H15BrCl2N2O2. The highest BCUT2D eigenvalue weighted by molar-refractivity contribution is 9.10. The third-order valence-electron chi connectivity index (χ3n) is 4.43. The van der Waals surface area contributed by atoms with Crippen molar-refractivity contribution in [3.8, 4) is 22.5 Å². The average Bonchev–Trinajstić information content (AvgIpc) is 3.09. The van der Waals surface area contributed by atoms with E-state index >= 15 is 0 Å². The number of aromatic nitrogens is 2. The number of pyridine rings is 1. The van der Waals surface area contributed by atoms with Gasteiger partial charge in [0.15, 0.2) is 5.65 Å². The number of fused-ring (bicyclic) bond motifs is 1. The Kier molecular flexibility index (Phi) is 5.63. The van der Waals surface area contributed by atoms with Gasteiger partial charge in [-0.2, -0.15) is 0 Å². The van der Waals surface area contributed by atoms with Crippen LogP contribution in [0.3, 0.4) is 0 Å². The van der Waals surface area contributed by atoms with Crippen LogP contribution in [0.4, 0.5) is 0 Å². The van der Waals surface area contributed by atoms with E-state index in [4.69, 9.17) is 32.9 Å². The number of nitrogens with zero attached hydrogens (tertiary/aromatic N) is 2. The first kappa shape index (κ1) is 20.0. The molecule has 0 atom stereocenters. The minimum Gasteiger partial charge on any atom is -0.462 e. The first-order valence-corrected chi connectivity index (χ1v) is 10.4. The van der Waals surface area contributed by atoms with Crippen molar-refractivity contribution < 1.29 is 9.53 Å². The highest BCUT2D eigenvalue weighted by atomic mass is 79.9. The monoisotopic (exact) mass is 488 g/mol. The minimum atomic E-state index is -0.401. The largest absolute Gasteiger partial charge is 0.462 e. The van der Waals surface area contributed by atoms with Gasteiger partial charge in [0.25, 0.3) is 0 Å². The van der Waals surface area contributed by atoms with Gasteiger partial charge in [0.1, 0.15) is 0 Å². The molecule has 29 heavy (non-hydrogen) atoms. The minimum absolute atomic E-state index is 0.297. The number of benzene rings is 2. The van der Waals surface area contributed by atoms with Crippen LogP contribution in [0.2, 0.25) is 10.0 Å². The fraction of sp³-hybridized carbons (Fsp3) is 0.0909.